The molecule has 5 nitrogen and oxygen atoms in total. The molecule has 0 amide bonds. The van der Waals surface area contributed by atoms with E-state index >= 15 is 0 Å². The van der Waals surface area contributed by atoms with Crippen LogP contribution in [0.4, 0.5) is 0 Å². The molecule has 0 N–H and O–H groups in total. The van der Waals surface area contributed by atoms with Crippen molar-refractivity contribution in [2.24, 2.45) is 11.3 Å². The number of carbonyl (C=O) groups is 2. The molecule has 0 unspecified atom stereocenters. The lowest BCUT2D eigenvalue weighted by atomic mass is 9.58. The van der Waals surface area contributed by atoms with Gasteiger partial charge in [-0.25, -0.2) is 0 Å². The molecule has 33 heavy (non-hydrogen) atoms. The Bertz CT molecular complexity index is 787. The van der Waals surface area contributed by atoms with Crippen molar-refractivity contribution < 1.29 is 23.2 Å². The average Bonchev–Trinajstić information content (AvgIpc) is 2.64. The van der Waals surface area contributed by atoms with Crippen LogP contribution in [-0.2, 0) is 23.2 Å². The topological polar surface area (TPSA) is 61.8 Å². The van der Waals surface area contributed by atoms with E-state index in [4.69, 9.17) is 13.6 Å². The quantitative estimate of drug-likeness (QED) is 0.304. The van der Waals surface area contributed by atoms with E-state index in [1.165, 1.54) is 0 Å². The fraction of sp³-hybridized carbons (Fsp3) is 0.846. The van der Waals surface area contributed by atoms with E-state index in [1.807, 2.05) is 13.0 Å². The second-order valence-electron chi connectivity index (χ2n) is 13.0. The summed E-state index contributed by atoms with van der Waals surface area (Å²) in [4.78, 5) is 26.7. The largest absolute Gasteiger partial charge is 0.465 e. The Hall–Kier alpha value is -0.766. The molecular formula is C26H48O5Si2. The molecule has 0 aromatic rings. The average molecular weight is 497 g/mol. The van der Waals surface area contributed by atoms with Gasteiger partial charge < -0.3 is 13.6 Å². The van der Waals surface area contributed by atoms with Crippen molar-refractivity contribution in [1.29, 1.82) is 0 Å². The Morgan fingerprint density at radius 3 is 2.03 bits per heavy atom. The summed E-state index contributed by atoms with van der Waals surface area (Å²) in [6.45, 7) is 26.5. The van der Waals surface area contributed by atoms with Gasteiger partial charge in [0.2, 0.25) is 0 Å². The van der Waals surface area contributed by atoms with Gasteiger partial charge in [0.1, 0.15) is 5.41 Å². The predicted molar refractivity (Wildman–Crippen MR) is 139 cm³/mol. The SMILES string of the molecule is CCOC(=O)[C@@]12CCCC(=O)C1=C[C@@H](O[Si](C)(C)C(C)(C)C)[C@H](O[Si](C)(C)C(C)(C)C)[C@H]2C. The van der Waals surface area contributed by atoms with E-state index in [2.05, 4.69) is 74.7 Å². The summed E-state index contributed by atoms with van der Waals surface area (Å²) < 4.78 is 19.5. The van der Waals surface area contributed by atoms with Gasteiger partial charge in [-0.1, -0.05) is 48.5 Å². The summed E-state index contributed by atoms with van der Waals surface area (Å²) in [6, 6.07) is 0. The van der Waals surface area contributed by atoms with E-state index in [0.29, 0.717) is 31.4 Å². The normalized spacial score (nSPS) is 29.4. The lowest BCUT2D eigenvalue weighted by Crippen LogP contribution is -2.61. The van der Waals surface area contributed by atoms with Crippen molar-refractivity contribution in [2.45, 2.75) is 123 Å². The summed E-state index contributed by atoms with van der Waals surface area (Å²) >= 11 is 0. The van der Waals surface area contributed by atoms with Crippen molar-refractivity contribution in [1.82, 2.24) is 0 Å². The Labute approximate surface area is 204 Å². The van der Waals surface area contributed by atoms with E-state index in [1.54, 1.807) is 0 Å². The molecule has 7 heteroatoms. The number of ether oxygens (including phenoxy) is 1. The minimum atomic E-state index is -2.19. The molecule has 0 spiro atoms. The molecule has 4 atom stereocenters. The molecule has 2 aliphatic carbocycles. The fourth-order valence-electron chi connectivity index (χ4n) is 4.55. The monoisotopic (exact) mass is 496 g/mol. The third kappa shape index (κ3) is 5.26. The van der Waals surface area contributed by atoms with Gasteiger partial charge in [-0.05, 0) is 62.1 Å². The predicted octanol–water partition coefficient (Wildman–Crippen LogP) is 6.65. The summed E-state index contributed by atoms with van der Waals surface area (Å²) in [6.07, 6.45) is 3.08. The van der Waals surface area contributed by atoms with E-state index < -0.39 is 22.0 Å². The maximum Gasteiger partial charge on any atom is 0.317 e. The molecule has 2 aliphatic rings. The third-order valence-electron chi connectivity index (χ3n) is 8.79. The zero-order valence-corrected chi connectivity index (χ0v) is 25.2. The molecule has 0 radical (unpaired) electrons. The van der Waals surface area contributed by atoms with Gasteiger partial charge in [0.25, 0.3) is 0 Å². The molecule has 0 aliphatic heterocycles. The molecular weight excluding hydrogens is 448 g/mol. The number of ketones is 1. The van der Waals surface area contributed by atoms with Crippen molar-refractivity contribution in [2.75, 3.05) is 6.61 Å². The fourth-order valence-corrected chi connectivity index (χ4v) is 7.15. The maximum atomic E-state index is 13.5. The number of hydrogen-bond acceptors (Lipinski definition) is 5. The van der Waals surface area contributed by atoms with Crippen LogP contribution in [0.5, 0.6) is 0 Å². The van der Waals surface area contributed by atoms with Crippen LogP contribution in [0.3, 0.4) is 0 Å². The number of fused-ring (bicyclic) bond motifs is 1. The molecule has 0 saturated heterocycles. The van der Waals surface area contributed by atoms with Crippen LogP contribution in [0.1, 0.15) is 74.7 Å². The Balaban J connectivity index is 2.69. The first-order valence-electron chi connectivity index (χ1n) is 12.6. The molecule has 0 bridgehead atoms. The summed E-state index contributed by atoms with van der Waals surface area (Å²) in [5.41, 5.74) is -0.357. The lowest BCUT2D eigenvalue weighted by Gasteiger charge is -2.53. The summed E-state index contributed by atoms with van der Waals surface area (Å²) in [5, 5.41) is 0.0280. The molecule has 1 fully saturated rings. The number of hydrogen-bond donors (Lipinski definition) is 0. The zero-order chi connectivity index (χ0) is 25.6. The number of rotatable bonds is 6. The highest BCUT2D eigenvalue weighted by Crippen LogP contribution is 2.54. The van der Waals surface area contributed by atoms with Crippen LogP contribution >= 0.6 is 0 Å². The van der Waals surface area contributed by atoms with Crippen molar-refractivity contribution >= 4 is 28.4 Å². The van der Waals surface area contributed by atoms with E-state index in [9.17, 15) is 9.59 Å². The second kappa shape index (κ2) is 9.36. The maximum absolute atomic E-state index is 13.5. The highest BCUT2D eigenvalue weighted by atomic mass is 28.4. The Morgan fingerprint density at radius 2 is 1.55 bits per heavy atom. The zero-order valence-electron chi connectivity index (χ0n) is 23.2. The van der Waals surface area contributed by atoms with Crippen LogP contribution < -0.4 is 0 Å². The number of esters is 1. The van der Waals surface area contributed by atoms with Crippen molar-refractivity contribution in [3.63, 3.8) is 0 Å². The minimum absolute atomic E-state index is 0.0116. The highest BCUT2D eigenvalue weighted by Gasteiger charge is 2.60. The smallest absolute Gasteiger partial charge is 0.317 e. The molecule has 2 rings (SSSR count). The Kier molecular flexibility index (Phi) is 8.07. The van der Waals surface area contributed by atoms with Gasteiger partial charge in [0, 0.05) is 17.9 Å². The molecule has 0 heterocycles. The lowest BCUT2D eigenvalue weighted by molar-refractivity contribution is -0.164. The molecule has 0 aromatic heterocycles. The first-order chi connectivity index (χ1) is 14.8. The highest BCUT2D eigenvalue weighted by molar-refractivity contribution is 6.74. The number of carbonyl (C=O) groups excluding carboxylic acids is 2. The van der Waals surface area contributed by atoms with Crippen LogP contribution in [-0.4, -0.2) is 47.2 Å². The van der Waals surface area contributed by atoms with Crippen LogP contribution in [0, 0.1) is 11.3 Å². The third-order valence-corrected chi connectivity index (χ3v) is 17.7. The van der Waals surface area contributed by atoms with Gasteiger partial charge in [0.15, 0.2) is 22.4 Å². The standard InChI is InChI=1S/C26H48O5Si2/c1-13-29-23(28)26-16-14-15-20(27)19(26)17-21(30-32(9,10)24(3,4)5)22(18(26)2)31-33(11,12)25(6,7)8/h17-18,21-22H,13-16H2,1-12H3/t18-,21-,22-,26-/m1/s1. The number of Topliss-reactive ketones (excluding diaryl/α,β-unsaturated/α-hetero) is 1. The van der Waals surface area contributed by atoms with Crippen molar-refractivity contribution in [3.8, 4) is 0 Å². The Morgan fingerprint density at radius 1 is 1.03 bits per heavy atom. The van der Waals surface area contributed by atoms with E-state index in [0.717, 1.165) is 0 Å². The van der Waals surface area contributed by atoms with Gasteiger partial charge in [-0.15, -0.1) is 0 Å². The first kappa shape index (κ1) is 28.5. The minimum Gasteiger partial charge on any atom is -0.465 e. The van der Waals surface area contributed by atoms with Gasteiger partial charge in [-0.2, -0.15) is 0 Å². The summed E-state index contributed by atoms with van der Waals surface area (Å²) in [7, 11) is -4.35. The van der Waals surface area contributed by atoms with Gasteiger partial charge >= 0.3 is 5.97 Å². The molecule has 190 valence electrons. The van der Waals surface area contributed by atoms with Crippen molar-refractivity contribution in [3.05, 3.63) is 11.6 Å². The first-order valence-corrected chi connectivity index (χ1v) is 18.4. The van der Waals surface area contributed by atoms with Gasteiger partial charge in [0.05, 0.1) is 18.8 Å². The second-order valence-corrected chi connectivity index (χ2v) is 22.5. The summed E-state index contributed by atoms with van der Waals surface area (Å²) in [5.74, 6) is -0.452. The van der Waals surface area contributed by atoms with Gasteiger partial charge in [-0.3, -0.25) is 9.59 Å². The van der Waals surface area contributed by atoms with Crippen LogP contribution in [0.25, 0.3) is 0 Å². The molecule has 1 saturated carbocycles. The van der Waals surface area contributed by atoms with E-state index in [-0.39, 0.29) is 40.0 Å². The molecule has 0 aromatic carbocycles. The van der Waals surface area contributed by atoms with Crippen LogP contribution in [0.15, 0.2) is 11.6 Å². The van der Waals surface area contributed by atoms with Crippen LogP contribution in [0.2, 0.25) is 36.3 Å².